The zero-order valence-electron chi connectivity index (χ0n) is 9.72. The third kappa shape index (κ3) is 2.09. The molecule has 1 aromatic carbocycles. The van der Waals surface area contributed by atoms with Gasteiger partial charge in [0.2, 0.25) is 6.79 Å². The van der Waals surface area contributed by atoms with Crippen LogP contribution in [0.5, 0.6) is 11.5 Å². The Morgan fingerprint density at radius 3 is 2.89 bits per heavy atom. The Balaban J connectivity index is 1.69. The number of hydrogen-bond acceptors (Lipinski definition) is 4. The van der Waals surface area contributed by atoms with Gasteiger partial charge in [0, 0.05) is 18.4 Å². The van der Waals surface area contributed by atoms with Crippen molar-refractivity contribution < 1.29 is 18.7 Å². The summed E-state index contributed by atoms with van der Waals surface area (Å²) in [6, 6.07) is 8.94. The molecule has 1 aliphatic rings. The summed E-state index contributed by atoms with van der Waals surface area (Å²) in [5.74, 6) is 2.23. The highest BCUT2D eigenvalue weighted by Gasteiger charge is 2.16. The minimum Gasteiger partial charge on any atom is -0.469 e. The van der Waals surface area contributed by atoms with E-state index in [4.69, 9.17) is 13.9 Å². The predicted molar refractivity (Wildman–Crippen MR) is 63.9 cm³/mol. The molecule has 0 N–H and O–H groups in total. The first kappa shape index (κ1) is 10.9. The van der Waals surface area contributed by atoms with Gasteiger partial charge in [0.15, 0.2) is 17.3 Å². The van der Waals surface area contributed by atoms with Crippen molar-refractivity contribution in [3.8, 4) is 11.5 Å². The molecule has 0 unspecified atom stereocenters. The van der Waals surface area contributed by atoms with Gasteiger partial charge in [0.05, 0.1) is 6.26 Å². The molecule has 0 atom stereocenters. The normalized spacial score (nSPS) is 12.7. The van der Waals surface area contributed by atoms with Crippen molar-refractivity contribution in [2.75, 3.05) is 6.79 Å². The molecule has 18 heavy (non-hydrogen) atoms. The summed E-state index contributed by atoms with van der Waals surface area (Å²) in [5, 5.41) is 0. The van der Waals surface area contributed by atoms with Crippen LogP contribution in [0.2, 0.25) is 0 Å². The van der Waals surface area contributed by atoms with E-state index in [0.29, 0.717) is 29.9 Å². The van der Waals surface area contributed by atoms with E-state index in [1.165, 1.54) is 0 Å². The Hall–Kier alpha value is -2.23. The fraction of sp³-hybridized carbons (Fsp3) is 0.214. The van der Waals surface area contributed by atoms with Gasteiger partial charge in [-0.2, -0.15) is 0 Å². The van der Waals surface area contributed by atoms with Crippen LogP contribution in [-0.2, 0) is 6.42 Å². The second kappa shape index (κ2) is 4.56. The number of benzene rings is 1. The number of ether oxygens (including phenoxy) is 2. The summed E-state index contributed by atoms with van der Waals surface area (Å²) in [4.78, 5) is 12.0. The molecule has 2 aromatic rings. The Kier molecular flexibility index (Phi) is 2.76. The van der Waals surface area contributed by atoms with Crippen LogP contribution < -0.4 is 9.47 Å². The molecule has 0 bridgehead atoms. The fourth-order valence-electron chi connectivity index (χ4n) is 1.91. The summed E-state index contributed by atoms with van der Waals surface area (Å²) in [7, 11) is 0. The highest BCUT2D eigenvalue weighted by atomic mass is 16.7. The molecule has 3 rings (SSSR count). The quantitative estimate of drug-likeness (QED) is 0.776. The van der Waals surface area contributed by atoms with Crippen molar-refractivity contribution >= 4 is 5.78 Å². The van der Waals surface area contributed by atoms with Crippen LogP contribution in [0, 0.1) is 0 Å². The number of Topliss-reactive ketones (excluding diaryl/α,β-unsaturated/α-hetero) is 1. The third-order valence-electron chi connectivity index (χ3n) is 2.87. The van der Waals surface area contributed by atoms with Gasteiger partial charge < -0.3 is 13.9 Å². The summed E-state index contributed by atoms with van der Waals surface area (Å²) in [6.45, 7) is 0.222. The number of aryl methyl sites for hydroxylation is 1. The number of carbonyl (C=O) groups excluding carboxylic acids is 1. The number of ketones is 1. The maximum atomic E-state index is 12.0. The van der Waals surface area contributed by atoms with E-state index in [2.05, 4.69) is 0 Å². The van der Waals surface area contributed by atoms with Gasteiger partial charge in [-0.05, 0) is 30.3 Å². The zero-order chi connectivity index (χ0) is 12.4. The molecule has 92 valence electrons. The lowest BCUT2D eigenvalue weighted by Crippen LogP contribution is -2.00. The van der Waals surface area contributed by atoms with E-state index in [1.807, 2.05) is 12.1 Å². The minimum atomic E-state index is 0.0738. The van der Waals surface area contributed by atoms with Crippen LogP contribution in [0.15, 0.2) is 41.0 Å². The predicted octanol–water partition coefficient (Wildman–Crippen LogP) is 2.82. The summed E-state index contributed by atoms with van der Waals surface area (Å²) >= 11 is 0. The summed E-state index contributed by atoms with van der Waals surface area (Å²) in [6.07, 6.45) is 2.65. The Morgan fingerprint density at radius 2 is 2.06 bits per heavy atom. The molecule has 4 nitrogen and oxygen atoms in total. The van der Waals surface area contributed by atoms with Crippen molar-refractivity contribution in [1.29, 1.82) is 0 Å². The molecule has 0 radical (unpaired) electrons. The Labute approximate surface area is 104 Å². The molecule has 1 aliphatic heterocycles. The maximum absolute atomic E-state index is 12.0. The molecule has 0 fully saturated rings. The van der Waals surface area contributed by atoms with Crippen molar-refractivity contribution in [2.24, 2.45) is 0 Å². The van der Waals surface area contributed by atoms with E-state index < -0.39 is 0 Å². The third-order valence-corrected chi connectivity index (χ3v) is 2.87. The lowest BCUT2D eigenvalue weighted by Gasteiger charge is -2.01. The van der Waals surface area contributed by atoms with Crippen LogP contribution in [0.4, 0.5) is 0 Å². The van der Waals surface area contributed by atoms with Gasteiger partial charge in [-0.3, -0.25) is 4.79 Å². The maximum Gasteiger partial charge on any atom is 0.231 e. The molecule has 0 spiro atoms. The average molecular weight is 244 g/mol. The Bertz CT molecular complexity index is 557. The largest absolute Gasteiger partial charge is 0.469 e. The number of hydrogen-bond donors (Lipinski definition) is 0. The first-order valence-electron chi connectivity index (χ1n) is 5.78. The van der Waals surface area contributed by atoms with Gasteiger partial charge in [-0.1, -0.05) is 0 Å². The number of rotatable bonds is 4. The van der Waals surface area contributed by atoms with E-state index in [-0.39, 0.29) is 12.6 Å². The lowest BCUT2D eigenvalue weighted by atomic mass is 10.1. The second-order valence-corrected chi connectivity index (χ2v) is 4.07. The van der Waals surface area contributed by atoms with Crippen molar-refractivity contribution in [1.82, 2.24) is 0 Å². The standard InChI is InChI=1S/C14H12O4/c15-12(5-4-11-2-1-7-16-11)10-3-6-13-14(8-10)18-9-17-13/h1-3,6-8H,4-5,9H2. The molecule has 0 amide bonds. The van der Waals surface area contributed by atoms with Crippen LogP contribution in [0.25, 0.3) is 0 Å². The first-order valence-corrected chi connectivity index (χ1v) is 5.78. The van der Waals surface area contributed by atoms with Gasteiger partial charge >= 0.3 is 0 Å². The minimum absolute atomic E-state index is 0.0738. The number of furan rings is 1. The first-order chi connectivity index (χ1) is 8.83. The molecular formula is C14H12O4. The smallest absolute Gasteiger partial charge is 0.231 e. The van der Waals surface area contributed by atoms with Crippen molar-refractivity contribution in [3.05, 3.63) is 47.9 Å². The highest BCUT2D eigenvalue weighted by molar-refractivity contribution is 5.96. The molecule has 4 heteroatoms. The zero-order valence-corrected chi connectivity index (χ0v) is 9.72. The van der Waals surface area contributed by atoms with Gasteiger partial charge in [-0.15, -0.1) is 0 Å². The summed E-state index contributed by atoms with van der Waals surface area (Å²) in [5.41, 5.74) is 0.644. The molecule has 2 heterocycles. The number of carbonyl (C=O) groups is 1. The average Bonchev–Trinajstić information content (AvgIpc) is 3.05. The van der Waals surface area contributed by atoms with E-state index in [1.54, 1.807) is 24.5 Å². The van der Waals surface area contributed by atoms with E-state index >= 15 is 0 Å². The fourth-order valence-corrected chi connectivity index (χ4v) is 1.91. The van der Waals surface area contributed by atoms with Crippen molar-refractivity contribution in [3.63, 3.8) is 0 Å². The molecular weight excluding hydrogens is 232 g/mol. The molecule has 1 aromatic heterocycles. The van der Waals surface area contributed by atoms with Crippen LogP contribution in [0.1, 0.15) is 22.5 Å². The molecule has 0 saturated heterocycles. The second-order valence-electron chi connectivity index (χ2n) is 4.07. The van der Waals surface area contributed by atoms with E-state index in [0.717, 1.165) is 5.76 Å². The topological polar surface area (TPSA) is 48.7 Å². The number of fused-ring (bicyclic) bond motifs is 1. The highest BCUT2D eigenvalue weighted by Crippen LogP contribution is 2.32. The SMILES string of the molecule is O=C(CCc1ccco1)c1ccc2c(c1)OCO2. The van der Waals surface area contributed by atoms with Crippen LogP contribution in [0.3, 0.4) is 0 Å². The van der Waals surface area contributed by atoms with Gasteiger partial charge in [0.25, 0.3) is 0 Å². The van der Waals surface area contributed by atoms with Gasteiger partial charge in [0.1, 0.15) is 5.76 Å². The Morgan fingerprint density at radius 1 is 1.17 bits per heavy atom. The lowest BCUT2D eigenvalue weighted by molar-refractivity contribution is 0.0980. The summed E-state index contributed by atoms with van der Waals surface area (Å²) < 4.78 is 15.6. The van der Waals surface area contributed by atoms with Crippen molar-refractivity contribution in [2.45, 2.75) is 12.8 Å². The molecule has 0 aliphatic carbocycles. The van der Waals surface area contributed by atoms with Crippen LogP contribution in [-0.4, -0.2) is 12.6 Å². The van der Waals surface area contributed by atoms with Gasteiger partial charge in [-0.25, -0.2) is 0 Å². The van der Waals surface area contributed by atoms with E-state index in [9.17, 15) is 4.79 Å². The monoisotopic (exact) mass is 244 g/mol. The molecule has 0 saturated carbocycles. The van der Waals surface area contributed by atoms with Crippen LogP contribution >= 0.6 is 0 Å².